The second kappa shape index (κ2) is 7.18. The van der Waals surface area contributed by atoms with Gasteiger partial charge in [0.2, 0.25) is 0 Å². The highest BCUT2D eigenvalue weighted by Crippen LogP contribution is 2.40. The Balaban J connectivity index is 2.10. The Bertz CT molecular complexity index is 1120. The summed E-state index contributed by atoms with van der Waals surface area (Å²) in [5.41, 5.74) is 3.49. The number of H-pyrrole nitrogens is 1. The number of aromatic nitrogens is 2. The lowest BCUT2D eigenvalue weighted by Gasteiger charge is -2.12. The van der Waals surface area contributed by atoms with E-state index in [2.05, 4.69) is 14.9 Å². The van der Waals surface area contributed by atoms with Gasteiger partial charge in [0.05, 0.1) is 23.5 Å². The number of aromatic amines is 1. The van der Waals surface area contributed by atoms with Crippen LogP contribution in [0.25, 0.3) is 11.3 Å². The minimum Gasteiger partial charge on any atom is -0.495 e. The summed E-state index contributed by atoms with van der Waals surface area (Å²) in [6.45, 7) is 7.53. The van der Waals surface area contributed by atoms with Crippen molar-refractivity contribution >= 4 is 38.6 Å². The average molecular weight is 426 g/mol. The Morgan fingerprint density at radius 2 is 1.89 bits per heavy atom. The Morgan fingerprint density at radius 3 is 2.44 bits per heavy atom. The summed E-state index contributed by atoms with van der Waals surface area (Å²) in [6, 6.07) is 4.75. The molecule has 0 radical (unpaired) electrons. The molecule has 1 aromatic carbocycles. The van der Waals surface area contributed by atoms with Gasteiger partial charge in [-0.05, 0) is 51.5 Å². The number of aryl methyl sites for hydroxylation is 3. The lowest BCUT2D eigenvalue weighted by molar-refractivity contribution is 0.415. The van der Waals surface area contributed by atoms with Crippen LogP contribution in [0.15, 0.2) is 23.1 Å². The first-order valence-electron chi connectivity index (χ1n) is 8.14. The van der Waals surface area contributed by atoms with Crippen molar-refractivity contribution in [2.75, 3.05) is 11.8 Å². The zero-order chi connectivity index (χ0) is 19.9. The number of thiophene rings is 1. The van der Waals surface area contributed by atoms with Crippen molar-refractivity contribution in [2.45, 2.75) is 32.6 Å². The molecule has 0 spiro atoms. The van der Waals surface area contributed by atoms with Crippen molar-refractivity contribution < 1.29 is 13.2 Å². The van der Waals surface area contributed by atoms with Crippen LogP contribution in [0.3, 0.4) is 0 Å². The summed E-state index contributed by atoms with van der Waals surface area (Å²) < 4.78 is 34.1. The largest absolute Gasteiger partial charge is 0.495 e. The van der Waals surface area contributed by atoms with Crippen molar-refractivity contribution in [3.63, 3.8) is 0 Å². The van der Waals surface area contributed by atoms with E-state index in [9.17, 15) is 8.42 Å². The van der Waals surface area contributed by atoms with Crippen molar-refractivity contribution in [3.05, 3.63) is 44.2 Å². The van der Waals surface area contributed by atoms with E-state index in [0.717, 1.165) is 16.1 Å². The molecule has 0 atom stereocenters. The highest BCUT2D eigenvalue weighted by atomic mass is 35.5. The number of rotatable bonds is 5. The number of halogens is 1. The van der Waals surface area contributed by atoms with Crippen molar-refractivity contribution in [1.82, 2.24) is 10.2 Å². The molecule has 144 valence electrons. The van der Waals surface area contributed by atoms with Gasteiger partial charge in [0.15, 0.2) is 0 Å². The molecule has 0 fully saturated rings. The molecular formula is C18H20ClN3O3S2. The van der Waals surface area contributed by atoms with E-state index in [4.69, 9.17) is 16.3 Å². The monoisotopic (exact) mass is 425 g/mol. The molecule has 2 N–H and O–H groups in total. The number of hydrogen-bond acceptors (Lipinski definition) is 5. The first-order valence-corrected chi connectivity index (χ1v) is 10.8. The van der Waals surface area contributed by atoms with Crippen molar-refractivity contribution in [1.29, 1.82) is 0 Å². The molecule has 0 saturated carbocycles. The standard InChI is InChI=1S/C18H20ClN3O3S2/c1-9-10(2)20-21-17(9)16-11(3)26-12(4)18(16)27(23,24)22-13-6-7-15(25-5)14(19)8-13/h6-8,22H,1-5H3,(H,20,21). The fourth-order valence-corrected chi connectivity index (χ4v) is 6.09. The molecule has 9 heteroatoms. The van der Waals surface area contributed by atoms with Crippen LogP contribution < -0.4 is 9.46 Å². The Kier molecular flexibility index (Phi) is 5.24. The maximum atomic E-state index is 13.2. The summed E-state index contributed by atoms with van der Waals surface area (Å²) in [7, 11) is -2.34. The lowest BCUT2D eigenvalue weighted by atomic mass is 10.1. The smallest absolute Gasteiger partial charge is 0.263 e. The number of sulfonamides is 1. The predicted octanol–water partition coefficient (Wildman–Crippen LogP) is 4.83. The topological polar surface area (TPSA) is 84.1 Å². The van der Waals surface area contributed by atoms with Crippen LogP contribution in [-0.4, -0.2) is 25.7 Å². The third-order valence-electron chi connectivity index (χ3n) is 4.37. The van der Waals surface area contributed by atoms with Crippen LogP contribution in [0.1, 0.15) is 21.0 Å². The molecule has 0 aliphatic heterocycles. The summed E-state index contributed by atoms with van der Waals surface area (Å²) in [6.07, 6.45) is 0. The summed E-state index contributed by atoms with van der Waals surface area (Å²) >= 11 is 7.55. The number of ether oxygens (including phenoxy) is 1. The molecule has 3 rings (SSSR count). The molecule has 0 aliphatic carbocycles. The van der Waals surface area contributed by atoms with Crippen LogP contribution in [0.2, 0.25) is 5.02 Å². The molecule has 2 aromatic heterocycles. The number of hydrogen-bond donors (Lipinski definition) is 2. The average Bonchev–Trinajstić information content (AvgIpc) is 3.06. The molecule has 6 nitrogen and oxygen atoms in total. The number of nitrogens with one attached hydrogen (secondary N) is 2. The van der Waals surface area contributed by atoms with Gasteiger partial charge in [0.25, 0.3) is 10.0 Å². The Labute approximate surface area is 167 Å². The summed E-state index contributed by atoms with van der Waals surface area (Å²) in [4.78, 5) is 1.84. The zero-order valence-corrected chi connectivity index (χ0v) is 18.0. The maximum Gasteiger partial charge on any atom is 0.263 e. The molecule has 2 heterocycles. The second-order valence-electron chi connectivity index (χ2n) is 6.20. The zero-order valence-electron chi connectivity index (χ0n) is 15.6. The number of nitrogens with zero attached hydrogens (tertiary/aromatic N) is 1. The van der Waals surface area contributed by atoms with Crippen LogP contribution >= 0.6 is 22.9 Å². The molecule has 0 saturated heterocycles. The fraction of sp³-hybridized carbons (Fsp3) is 0.278. The number of benzene rings is 1. The first-order chi connectivity index (χ1) is 12.7. The molecule has 0 amide bonds. The number of methoxy groups -OCH3 is 1. The van der Waals surface area contributed by atoms with Crippen LogP contribution in [0, 0.1) is 27.7 Å². The van der Waals surface area contributed by atoms with E-state index in [1.807, 2.05) is 20.8 Å². The van der Waals surface area contributed by atoms with Crippen LogP contribution in [-0.2, 0) is 10.0 Å². The van der Waals surface area contributed by atoms with Crippen LogP contribution in [0.4, 0.5) is 5.69 Å². The third kappa shape index (κ3) is 3.56. The van der Waals surface area contributed by atoms with Gasteiger partial charge in [-0.1, -0.05) is 11.6 Å². The van der Waals surface area contributed by atoms with Gasteiger partial charge in [-0.15, -0.1) is 11.3 Å². The first kappa shape index (κ1) is 19.7. The van der Waals surface area contributed by atoms with Gasteiger partial charge < -0.3 is 4.74 Å². The fourth-order valence-electron chi connectivity index (χ4n) is 2.93. The molecule has 0 unspecified atom stereocenters. The number of anilines is 1. The van der Waals surface area contributed by atoms with E-state index >= 15 is 0 Å². The minimum absolute atomic E-state index is 0.242. The van der Waals surface area contributed by atoms with Crippen LogP contribution in [0.5, 0.6) is 5.75 Å². The second-order valence-corrected chi connectivity index (χ2v) is 9.65. The SMILES string of the molecule is COc1ccc(NS(=O)(=O)c2c(C)sc(C)c2-c2n[nH]c(C)c2C)cc1Cl. The van der Waals surface area contributed by atoms with Gasteiger partial charge in [0.1, 0.15) is 10.6 Å². The van der Waals surface area contributed by atoms with Crippen molar-refractivity contribution in [2.24, 2.45) is 0 Å². The van der Waals surface area contributed by atoms with E-state index < -0.39 is 10.0 Å². The van der Waals surface area contributed by atoms with E-state index in [1.165, 1.54) is 24.5 Å². The van der Waals surface area contributed by atoms with Gasteiger partial charge in [0, 0.05) is 21.0 Å². The molecular weight excluding hydrogens is 406 g/mol. The van der Waals surface area contributed by atoms with Crippen molar-refractivity contribution in [3.8, 4) is 17.0 Å². The summed E-state index contributed by atoms with van der Waals surface area (Å²) in [5, 5.41) is 7.59. The predicted molar refractivity (Wildman–Crippen MR) is 110 cm³/mol. The Morgan fingerprint density at radius 1 is 1.19 bits per heavy atom. The quantitative estimate of drug-likeness (QED) is 0.612. The molecule has 3 aromatic rings. The third-order valence-corrected chi connectivity index (χ3v) is 7.37. The van der Waals surface area contributed by atoms with E-state index in [-0.39, 0.29) is 4.90 Å². The molecule has 0 aliphatic rings. The molecule has 27 heavy (non-hydrogen) atoms. The normalized spacial score (nSPS) is 11.6. The lowest BCUT2D eigenvalue weighted by Crippen LogP contribution is -2.14. The maximum absolute atomic E-state index is 13.2. The molecule has 0 bridgehead atoms. The van der Waals surface area contributed by atoms with Gasteiger partial charge in [-0.3, -0.25) is 9.82 Å². The summed E-state index contributed by atoms with van der Waals surface area (Å²) in [5.74, 6) is 0.477. The van der Waals surface area contributed by atoms with Gasteiger partial charge >= 0.3 is 0 Å². The van der Waals surface area contributed by atoms with E-state index in [0.29, 0.717) is 32.6 Å². The van der Waals surface area contributed by atoms with Gasteiger partial charge in [-0.2, -0.15) is 5.10 Å². The van der Waals surface area contributed by atoms with E-state index in [1.54, 1.807) is 19.1 Å². The Hall–Kier alpha value is -2.03. The highest BCUT2D eigenvalue weighted by molar-refractivity contribution is 7.93. The van der Waals surface area contributed by atoms with Gasteiger partial charge in [-0.25, -0.2) is 8.42 Å². The minimum atomic E-state index is -3.84. The highest BCUT2D eigenvalue weighted by Gasteiger charge is 2.29.